The quantitative estimate of drug-likeness (QED) is 0.826. The lowest BCUT2D eigenvalue weighted by Gasteiger charge is -2.06. The van der Waals surface area contributed by atoms with Crippen molar-refractivity contribution in [1.82, 2.24) is 5.32 Å². The molecular weight excluding hydrogens is 289 g/mol. The summed E-state index contributed by atoms with van der Waals surface area (Å²) in [5.74, 6) is -0.469. The number of aryl methyl sites for hydroxylation is 2. The summed E-state index contributed by atoms with van der Waals surface area (Å²) < 4.78 is 13.1. The normalized spacial score (nSPS) is 10.4. The summed E-state index contributed by atoms with van der Waals surface area (Å²) in [6.45, 7) is 2.23. The molecule has 0 aliphatic rings. The van der Waals surface area contributed by atoms with Crippen molar-refractivity contribution >= 4 is 17.5 Å². The van der Waals surface area contributed by atoms with Crippen molar-refractivity contribution < 1.29 is 9.18 Å². The monoisotopic (exact) mass is 305 g/mol. The van der Waals surface area contributed by atoms with E-state index in [4.69, 9.17) is 11.6 Å². The average Bonchev–Trinajstić information content (AvgIpc) is 2.48. The Balaban J connectivity index is 1.79. The van der Waals surface area contributed by atoms with Crippen LogP contribution in [0, 0.1) is 12.7 Å². The third-order valence-electron chi connectivity index (χ3n) is 3.26. The molecule has 0 aromatic heterocycles. The second kappa shape index (κ2) is 7.23. The summed E-state index contributed by atoms with van der Waals surface area (Å²) in [6.07, 6.45) is 1.72. The van der Waals surface area contributed by atoms with Crippen LogP contribution < -0.4 is 5.32 Å². The first-order valence-electron chi connectivity index (χ1n) is 6.85. The minimum Gasteiger partial charge on any atom is -0.352 e. The van der Waals surface area contributed by atoms with E-state index in [9.17, 15) is 9.18 Å². The van der Waals surface area contributed by atoms with Gasteiger partial charge in [-0.2, -0.15) is 0 Å². The molecule has 0 saturated carbocycles. The molecule has 0 aliphatic heterocycles. The van der Waals surface area contributed by atoms with Gasteiger partial charge in [-0.3, -0.25) is 4.79 Å². The van der Waals surface area contributed by atoms with Gasteiger partial charge in [0.05, 0.1) is 0 Å². The van der Waals surface area contributed by atoms with Crippen molar-refractivity contribution in [2.24, 2.45) is 0 Å². The molecule has 110 valence electrons. The Morgan fingerprint density at radius 1 is 1.19 bits per heavy atom. The van der Waals surface area contributed by atoms with E-state index < -0.39 is 0 Å². The third-order valence-corrected chi connectivity index (χ3v) is 3.51. The Kier molecular flexibility index (Phi) is 5.34. The molecule has 2 rings (SSSR count). The molecule has 0 bridgehead atoms. The number of carbonyl (C=O) groups is 1. The van der Waals surface area contributed by atoms with E-state index >= 15 is 0 Å². The first kappa shape index (κ1) is 15.5. The summed E-state index contributed by atoms with van der Waals surface area (Å²) in [7, 11) is 0. The highest BCUT2D eigenvalue weighted by Crippen LogP contribution is 2.11. The molecule has 0 atom stereocenters. The van der Waals surface area contributed by atoms with Gasteiger partial charge in [0.25, 0.3) is 5.91 Å². The first-order chi connectivity index (χ1) is 10.1. The molecule has 1 N–H and O–H groups in total. The predicted octanol–water partition coefficient (Wildman–Crippen LogP) is 4.15. The Morgan fingerprint density at radius 3 is 2.57 bits per heavy atom. The van der Waals surface area contributed by atoms with Gasteiger partial charge < -0.3 is 5.32 Å². The van der Waals surface area contributed by atoms with Crippen molar-refractivity contribution in [2.75, 3.05) is 6.54 Å². The topological polar surface area (TPSA) is 29.1 Å². The molecule has 0 aliphatic carbocycles. The van der Waals surface area contributed by atoms with E-state index in [-0.39, 0.29) is 11.7 Å². The summed E-state index contributed by atoms with van der Waals surface area (Å²) in [5.41, 5.74) is 2.15. The largest absolute Gasteiger partial charge is 0.352 e. The van der Waals surface area contributed by atoms with Gasteiger partial charge in [0.15, 0.2) is 0 Å². The number of hydrogen-bond donors (Lipinski definition) is 1. The van der Waals surface area contributed by atoms with Gasteiger partial charge in [-0.25, -0.2) is 4.39 Å². The maximum atomic E-state index is 13.1. The molecule has 0 unspecified atom stereocenters. The Hall–Kier alpha value is -1.87. The lowest BCUT2D eigenvalue weighted by atomic mass is 10.1. The zero-order valence-corrected chi connectivity index (χ0v) is 12.6. The molecule has 1 amide bonds. The van der Waals surface area contributed by atoms with Gasteiger partial charge >= 0.3 is 0 Å². The van der Waals surface area contributed by atoms with Crippen molar-refractivity contribution in [1.29, 1.82) is 0 Å². The Morgan fingerprint density at radius 2 is 1.90 bits per heavy atom. The van der Waals surface area contributed by atoms with Gasteiger partial charge in [0.1, 0.15) is 5.82 Å². The zero-order valence-electron chi connectivity index (χ0n) is 11.8. The number of halogens is 2. The molecule has 2 nitrogen and oxygen atoms in total. The molecule has 2 aromatic rings. The number of rotatable bonds is 5. The number of amides is 1. The van der Waals surface area contributed by atoms with Crippen LogP contribution in [0.3, 0.4) is 0 Å². The molecule has 0 heterocycles. The van der Waals surface area contributed by atoms with E-state index in [1.165, 1.54) is 17.7 Å². The van der Waals surface area contributed by atoms with E-state index in [0.717, 1.165) is 17.9 Å². The van der Waals surface area contributed by atoms with Crippen molar-refractivity contribution in [3.8, 4) is 0 Å². The number of hydrogen-bond acceptors (Lipinski definition) is 1. The Bertz CT molecular complexity index is 625. The van der Waals surface area contributed by atoms with Gasteiger partial charge in [0.2, 0.25) is 0 Å². The maximum absolute atomic E-state index is 13.1. The van der Waals surface area contributed by atoms with Crippen LogP contribution in [0.2, 0.25) is 5.02 Å². The molecule has 0 saturated heterocycles. The summed E-state index contributed by atoms with van der Waals surface area (Å²) in [4.78, 5) is 11.9. The summed E-state index contributed by atoms with van der Waals surface area (Å²) in [5, 5.41) is 3.56. The van der Waals surface area contributed by atoms with Crippen LogP contribution >= 0.6 is 11.6 Å². The third kappa shape index (κ3) is 4.57. The number of nitrogens with one attached hydrogen (secondary N) is 1. The lowest BCUT2D eigenvalue weighted by Crippen LogP contribution is -2.24. The highest BCUT2D eigenvalue weighted by atomic mass is 35.5. The molecule has 21 heavy (non-hydrogen) atoms. The van der Waals surface area contributed by atoms with Crippen molar-refractivity contribution in [3.63, 3.8) is 0 Å². The van der Waals surface area contributed by atoms with Crippen LogP contribution in [0.1, 0.15) is 27.9 Å². The zero-order chi connectivity index (χ0) is 15.2. The van der Waals surface area contributed by atoms with Crippen LogP contribution in [0.15, 0.2) is 42.5 Å². The van der Waals surface area contributed by atoms with E-state index in [2.05, 4.69) is 5.32 Å². The van der Waals surface area contributed by atoms with Crippen LogP contribution in [0.5, 0.6) is 0 Å². The smallest absolute Gasteiger partial charge is 0.251 e. The minimum atomic E-state index is -0.297. The molecule has 0 fully saturated rings. The molecule has 4 heteroatoms. The summed E-state index contributed by atoms with van der Waals surface area (Å²) >= 11 is 5.82. The minimum absolute atomic E-state index is 0.172. The van der Waals surface area contributed by atoms with Crippen molar-refractivity contribution in [2.45, 2.75) is 19.8 Å². The van der Waals surface area contributed by atoms with Crippen LogP contribution in [-0.4, -0.2) is 12.5 Å². The maximum Gasteiger partial charge on any atom is 0.251 e. The fraction of sp³-hybridized carbons (Fsp3) is 0.235. The van der Waals surface area contributed by atoms with E-state index in [1.807, 2.05) is 24.3 Å². The SMILES string of the molecule is Cc1cc(C(=O)NCCCc2ccc(Cl)cc2)ccc1F. The van der Waals surface area contributed by atoms with Gasteiger partial charge in [-0.1, -0.05) is 23.7 Å². The first-order valence-corrected chi connectivity index (χ1v) is 7.23. The second-order valence-corrected chi connectivity index (χ2v) is 5.39. The molecule has 0 spiro atoms. The molecule has 0 radical (unpaired) electrons. The van der Waals surface area contributed by atoms with Crippen LogP contribution in [0.4, 0.5) is 4.39 Å². The van der Waals surface area contributed by atoms with E-state index in [1.54, 1.807) is 13.0 Å². The lowest BCUT2D eigenvalue weighted by molar-refractivity contribution is 0.0953. The number of benzene rings is 2. The fourth-order valence-electron chi connectivity index (χ4n) is 2.03. The highest BCUT2D eigenvalue weighted by Gasteiger charge is 2.07. The average molecular weight is 306 g/mol. The second-order valence-electron chi connectivity index (χ2n) is 4.95. The highest BCUT2D eigenvalue weighted by molar-refractivity contribution is 6.30. The van der Waals surface area contributed by atoms with Crippen LogP contribution in [-0.2, 0) is 6.42 Å². The van der Waals surface area contributed by atoms with Gasteiger partial charge in [-0.05, 0) is 61.2 Å². The van der Waals surface area contributed by atoms with Crippen LogP contribution in [0.25, 0.3) is 0 Å². The number of carbonyl (C=O) groups excluding carboxylic acids is 1. The van der Waals surface area contributed by atoms with E-state index in [0.29, 0.717) is 17.7 Å². The molecule has 2 aromatic carbocycles. The molecular formula is C17H17ClFNO. The fourth-order valence-corrected chi connectivity index (χ4v) is 2.16. The Labute approximate surface area is 128 Å². The van der Waals surface area contributed by atoms with Gasteiger partial charge in [-0.15, -0.1) is 0 Å². The summed E-state index contributed by atoms with van der Waals surface area (Å²) in [6, 6.07) is 12.0. The predicted molar refractivity (Wildman–Crippen MR) is 83.2 cm³/mol. The van der Waals surface area contributed by atoms with Crippen molar-refractivity contribution in [3.05, 3.63) is 70.0 Å². The van der Waals surface area contributed by atoms with Gasteiger partial charge in [0, 0.05) is 17.1 Å². The standard InChI is InChI=1S/C17H17ClFNO/c1-12-11-14(6-9-16(12)19)17(21)20-10-2-3-13-4-7-15(18)8-5-13/h4-9,11H,2-3,10H2,1H3,(H,20,21).